The molecule has 2 aromatic carbocycles. The highest BCUT2D eigenvalue weighted by Gasteiger charge is 2.18. The van der Waals surface area contributed by atoms with Gasteiger partial charge in [0.25, 0.3) is 11.8 Å². The number of hydrogen-bond acceptors (Lipinski definition) is 4. The zero-order valence-electron chi connectivity index (χ0n) is 18.1. The van der Waals surface area contributed by atoms with Crippen molar-refractivity contribution in [1.82, 2.24) is 10.2 Å². The van der Waals surface area contributed by atoms with E-state index in [9.17, 15) is 14.4 Å². The van der Waals surface area contributed by atoms with E-state index in [-0.39, 0.29) is 30.3 Å². The summed E-state index contributed by atoms with van der Waals surface area (Å²) in [6.07, 6.45) is 3.25. The van der Waals surface area contributed by atoms with E-state index in [4.69, 9.17) is 0 Å². The fraction of sp³-hybridized carbons (Fsp3) is 0.375. The molecule has 164 valence electrons. The standard InChI is InChI=1S/C24H30N4O3/c1-17(2)26-23(30)18-9-11-20(12-10-18)25-16-22(29)27-21-8-6-7-19(15-21)24(31)28-13-4-3-5-14-28/h6-12,15,17,25H,3-5,13-14,16H2,1-2H3,(H,26,30)(H,27,29). The van der Waals surface area contributed by atoms with Crippen LogP contribution < -0.4 is 16.0 Å². The number of likely N-dealkylation sites (tertiary alicyclic amines) is 1. The number of amides is 3. The maximum Gasteiger partial charge on any atom is 0.253 e. The number of piperidine rings is 1. The summed E-state index contributed by atoms with van der Waals surface area (Å²) in [5.74, 6) is -0.335. The number of anilines is 2. The summed E-state index contributed by atoms with van der Waals surface area (Å²) in [4.78, 5) is 38.8. The van der Waals surface area contributed by atoms with Crippen molar-refractivity contribution in [3.05, 3.63) is 59.7 Å². The Morgan fingerprint density at radius 2 is 1.61 bits per heavy atom. The molecule has 0 atom stereocenters. The van der Waals surface area contributed by atoms with Gasteiger partial charge in [-0.2, -0.15) is 0 Å². The predicted octanol–water partition coefficient (Wildman–Crippen LogP) is 3.50. The van der Waals surface area contributed by atoms with Crippen LogP contribution in [-0.2, 0) is 4.79 Å². The third kappa shape index (κ3) is 6.57. The second-order valence-corrected chi connectivity index (χ2v) is 8.04. The van der Waals surface area contributed by atoms with Crippen molar-refractivity contribution in [3.8, 4) is 0 Å². The van der Waals surface area contributed by atoms with Crippen molar-refractivity contribution >= 4 is 29.1 Å². The third-order valence-corrected chi connectivity index (χ3v) is 5.06. The molecule has 0 aromatic heterocycles. The van der Waals surface area contributed by atoms with Gasteiger partial charge in [-0.05, 0) is 75.6 Å². The van der Waals surface area contributed by atoms with Crippen LogP contribution in [0.2, 0.25) is 0 Å². The van der Waals surface area contributed by atoms with Gasteiger partial charge in [-0.25, -0.2) is 0 Å². The smallest absolute Gasteiger partial charge is 0.253 e. The summed E-state index contributed by atoms with van der Waals surface area (Å²) in [7, 11) is 0. The van der Waals surface area contributed by atoms with Crippen molar-refractivity contribution in [2.75, 3.05) is 30.3 Å². The van der Waals surface area contributed by atoms with Crippen LogP contribution in [0.4, 0.5) is 11.4 Å². The molecular weight excluding hydrogens is 392 g/mol. The van der Waals surface area contributed by atoms with E-state index in [2.05, 4.69) is 16.0 Å². The molecule has 2 aromatic rings. The lowest BCUT2D eigenvalue weighted by atomic mass is 10.1. The van der Waals surface area contributed by atoms with E-state index in [1.807, 2.05) is 18.7 Å². The van der Waals surface area contributed by atoms with Gasteiger partial charge in [-0.1, -0.05) is 6.07 Å². The molecule has 1 saturated heterocycles. The molecule has 3 N–H and O–H groups in total. The molecule has 7 nitrogen and oxygen atoms in total. The normalized spacial score (nSPS) is 13.6. The SMILES string of the molecule is CC(C)NC(=O)c1ccc(NCC(=O)Nc2cccc(C(=O)N3CCCCC3)c2)cc1. The molecule has 0 unspecified atom stereocenters. The molecule has 31 heavy (non-hydrogen) atoms. The molecule has 3 rings (SSSR count). The van der Waals surface area contributed by atoms with Gasteiger partial charge >= 0.3 is 0 Å². The quantitative estimate of drug-likeness (QED) is 0.637. The number of hydrogen-bond donors (Lipinski definition) is 3. The first-order chi connectivity index (χ1) is 14.9. The molecule has 1 aliphatic heterocycles. The number of carbonyl (C=O) groups is 3. The molecule has 3 amide bonds. The first-order valence-corrected chi connectivity index (χ1v) is 10.8. The Kier molecular flexibility index (Phi) is 7.65. The van der Waals surface area contributed by atoms with Gasteiger partial charge in [-0.3, -0.25) is 14.4 Å². The zero-order chi connectivity index (χ0) is 22.2. The van der Waals surface area contributed by atoms with E-state index in [0.717, 1.165) is 31.6 Å². The largest absolute Gasteiger partial charge is 0.376 e. The second-order valence-electron chi connectivity index (χ2n) is 8.04. The second kappa shape index (κ2) is 10.6. The monoisotopic (exact) mass is 422 g/mol. The number of nitrogens with zero attached hydrogens (tertiary/aromatic N) is 1. The number of benzene rings is 2. The summed E-state index contributed by atoms with van der Waals surface area (Å²) in [6, 6.07) is 14.1. The fourth-order valence-electron chi connectivity index (χ4n) is 3.48. The van der Waals surface area contributed by atoms with E-state index in [1.165, 1.54) is 6.42 Å². The Morgan fingerprint density at radius 1 is 0.903 bits per heavy atom. The lowest BCUT2D eigenvalue weighted by Gasteiger charge is -2.26. The van der Waals surface area contributed by atoms with Gasteiger partial charge < -0.3 is 20.9 Å². The van der Waals surface area contributed by atoms with Crippen molar-refractivity contribution in [3.63, 3.8) is 0 Å². The summed E-state index contributed by atoms with van der Waals surface area (Å²) < 4.78 is 0. The molecule has 1 heterocycles. The first-order valence-electron chi connectivity index (χ1n) is 10.8. The van der Waals surface area contributed by atoms with E-state index >= 15 is 0 Å². The summed E-state index contributed by atoms with van der Waals surface area (Å²) in [6.45, 7) is 5.47. The van der Waals surface area contributed by atoms with Crippen LogP contribution in [0.5, 0.6) is 0 Å². The average Bonchev–Trinajstić information content (AvgIpc) is 2.78. The Balaban J connectivity index is 1.51. The number of carbonyl (C=O) groups excluding carboxylic acids is 3. The van der Waals surface area contributed by atoms with E-state index in [0.29, 0.717) is 16.8 Å². The summed E-state index contributed by atoms with van der Waals surface area (Å²) >= 11 is 0. The van der Waals surface area contributed by atoms with Crippen LogP contribution in [0, 0.1) is 0 Å². The summed E-state index contributed by atoms with van der Waals surface area (Å²) in [5, 5.41) is 8.71. The molecule has 7 heteroatoms. The van der Waals surface area contributed by atoms with Crippen LogP contribution in [0.1, 0.15) is 53.8 Å². The average molecular weight is 423 g/mol. The zero-order valence-corrected chi connectivity index (χ0v) is 18.1. The third-order valence-electron chi connectivity index (χ3n) is 5.06. The van der Waals surface area contributed by atoms with Crippen LogP contribution in [0.15, 0.2) is 48.5 Å². The highest BCUT2D eigenvalue weighted by Crippen LogP contribution is 2.16. The maximum absolute atomic E-state index is 12.7. The van der Waals surface area contributed by atoms with Gasteiger partial charge in [0.15, 0.2) is 0 Å². The Morgan fingerprint density at radius 3 is 2.29 bits per heavy atom. The lowest BCUT2D eigenvalue weighted by Crippen LogP contribution is -2.35. The van der Waals surface area contributed by atoms with Crippen molar-refractivity contribution in [2.24, 2.45) is 0 Å². The topological polar surface area (TPSA) is 90.5 Å². The van der Waals surface area contributed by atoms with Crippen LogP contribution in [0.3, 0.4) is 0 Å². The molecular formula is C24H30N4O3. The minimum Gasteiger partial charge on any atom is -0.376 e. The predicted molar refractivity (Wildman–Crippen MR) is 122 cm³/mol. The minimum absolute atomic E-state index is 0.00974. The Hall–Kier alpha value is -3.35. The molecule has 0 spiro atoms. The molecule has 0 bridgehead atoms. The molecule has 0 saturated carbocycles. The highest BCUT2D eigenvalue weighted by molar-refractivity contribution is 5.98. The molecule has 0 aliphatic carbocycles. The van der Waals surface area contributed by atoms with Gasteiger partial charge in [0, 0.05) is 41.6 Å². The fourth-order valence-corrected chi connectivity index (χ4v) is 3.48. The lowest BCUT2D eigenvalue weighted by molar-refractivity contribution is -0.114. The van der Waals surface area contributed by atoms with Gasteiger partial charge in [0.05, 0.1) is 6.54 Å². The number of nitrogens with one attached hydrogen (secondary N) is 3. The highest BCUT2D eigenvalue weighted by atomic mass is 16.2. The minimum atomic E-state index is -0.218. The first kappa shape index (κ1) is 22.3. The molecule has 1 aliphatic rings. The van der Waals surface area contributed by atoms with Crippen LogP contribution >= 0.6 is 0 Å². The van der Waals surface area contributed by atoms with Crippen LogP contribution in [-0.4, -0.2) is 48.3 Å². The van der Waals surface area contributed by atoms with Crippen LogP contribution in [0.25, 0.3) is 0 Å². The van der Waals surface area contributed by atoms with Crippen molar-refractivity contribution < 1.29 is 14.4 Å². The van der Waals surface area contributed by atoms with E-state index in [1.54, 1.807) is 48.5 Å². The molecule has 0 radical (unpaired) electrons. The van der Waals surface area contributed by atoms with Gasteiger partial charge in [0.1, 0.15) is 0 Å². The van der Waals surface area contributed by atoms with Gasteiger partial charge in [0.2, 0.25) is 5.91 Å². The molecule has 1 fully saturated rings. The number of rotatable bonds is 7. The van der Waals surface area contributed by atoms with Crippen molar-refractivity contribution in [1.29, 1.82) is 0 Å². The van der Waals surface area contributed by atoms with Crippen molar-refractivity contribution in [2.45, 2.75) is 39.2 Å². The van der Waals surface area contributed by atoms with E-state index < -0.39 is 0 Å². The van der Waals surface area contributed by atoms with Gasteiger partial charge in [-0.15, -0.1) is 0 Å². The Bertz CT molecular complexity index is 919. The summed E-state index contributed by atoms with van der Waals surface area (Å²) in [5.41, 5.74) is 2.49. The Labute approximate surface area is 183 Å². The maximum atomic E-state index is 12.7.